The van der Waals surface area contributed by atoms with E-state index >= 15 is 0 Å². The molecule has 0 bridgehead atoms. The number of rotatable bonds is 4. The molecule has 2 fully saturated rings. The topological polar surface area (TPSA) is 70.2 Å². The zero-order chi connectivity index (χ0) is 17.2. The van der Waals surface area contributed by atoms with Crippen LogP contribution in [0.1, 0.15) is 44.5 Å². The minimum absolute atomic E-state index is 0.0413. The molecular weight excluding hydrogens is 316 g/mol. The molecule has 4 rings (SSSR count). The van der Waals surface area contributed by atoms with E-state index in [1.165, 1.54) is 25.7 Å². The molecule has 0 spiro atoms. The third kappa shape index (κ3) is 3.41. The van der Waals surface area contributed by atoms with Crippen LogP contribution in [0, 0.1) is 0 Å². The highest BCUT2D eigenvalue weighted by Crippen LogP contribution is 2.27. The van der Waals surface area contributed by atoms with E-state index in [4.69, 9.17) is 4.74 Å². The molecule has 2 aliphatic rings. The molecule has 1 aromatic carbocycles. The Balaban J connectivity index is 1.45. The van der Waals surface area contributed by atoms with Gasteiger partial charge in [0.25, 0.3) is 0 Å². The molecule has 1 aromatic heterocycles. The molecule has 2 aromatic rings. The van der Waals surface area contributed by atoms with Crippen molar-refractivity contribution < 1.29 is 9.53 Å². The van der Waals surface area contributed by atoms with Crippen molar-refractivity contribution in [3.05, 3.63) is 30.1 Å². The van der Waals surface area contributed by atoms with E-state index in [0.717, 1.165) is 30.0 Å². The summed E-state index contributed by atoms with van der Waals surface area (Å²) >= 11 is 0. The molecule has 2 heterocycles. The number of hydrogen-bond donors (Lipinski definition) is 2. The van der Waals surface area contributed by atoms with Crippen molar-refractivity contribution in [2.24, 2.45) is 0 Å². The molecule has 2 N–H and O–H groups in total. The number of carbonyl (C=O) groups is 1. The lowest BCUT2D eigenvalue weighted by atomic mass is 10.1. The van der Waals surface area contributed by atoms with Crippen molar-refractivity contribution in [2.45, 2.75) is 50.7 Å². The number of hydrogen-bond acceptors (Lipinski definition) is 4. The van der Waals surface area contributed by atoms with Gasteiger partial charge < -0.3 is 15.0 Å². The summed E-state index contributed by atoms with van der Waals surface area (Å²) in [5, 5.41) is 3.13. The number of imidazole rings is 1. The highest BCUT2D eigenvalue weighted by Gasteiger charge is 2.35. The number of nitrogens with one attached hydrogen (secondary N) is 2. The van der Waals surface area contributed by atoms with E-state index in [1.807, 2.05) is 31.2 Å². The van der Waals surface area contributed by atoms with E-state index in [0.29, 0.717) is 12.6 Å². The fourth-order valence-corrected chi connectivity index (χ4v) is 4.07. The van der Waals surface area contributed by atoms with Crippen LogP contribution in [0.5, 0.6) is 0 Å². The third-order valence-corrected chi connectivity index (χ3v) is 5.44. The minimum atomic E-state index is -0.191. The highest BCUT2D eigenvalue weighted by molar-refractivity contribution is 5.82. The molecule has 1 aliphatic carbocycles. The number of para-hydroxylation sites is 2. The van der Waals surface area contributed by atoms with Crippen LogP contribution < -0.4 is 5.32 Å². The summed E-state index contributed by atoms with van der Waals surface area (Å²) in [5.74, 6) is 0.832. The Kier molecular flexibility index (Phi) is 4.72. The normalized spacial score (nSPS) is 23.8. The van der Waals surface area contributed by atoms with Crippen molar-refractivity contribution in [2.75, 3.05) is 19.8 Å². The van der Waals surface area contributed by atoms with E-state index < -0.39 is 0 Å². The lowest BCUT2D eigenvalue weighted by Crippen LogP contribution is -2.57. The maximum Gasteiger partial charge on any atom is 0.240 e. The summed E-state index contributed by atoms with van der Waals surface area (Å²) in [6.07, 6.45) is 4.93. The van der Waals surface area contributed by atoms with Crippen LogP contribution in [-0.2, 0) is 9.53 Å². The van der Waals surface area contributed by atoms with Gasteiger partial charge in [-0.15, -0.1) is 0 Å². The Morgan fingerprint density at radius 1 is 1.36 bits per heavy atom. The maximum absolute atomic E-state index is 12.9. The van der Waals surface area contributed by atoms with Gasteiger partial charge in [-0.3, -0.25) is 9.69 Å². The lowest BCUT2D eigenvalue weighted by molar-refractivity contribution is -0.135. The largest absolute Gasteiger partial charge is 0.378 e. The van der Waals surface area contributed by atoms with E-state index in [2.05, 4.69) is 20.2 Å². The zero-order valence-electron chi connectivity index (χ0n) is 14.7. The van der Waals surface area contributed by atoms with Gasteiger partial charge in [-0.25, -0.2) is 4.98 Å². The second-order valence-electron chi connectivity index (χ2n) is 7.14. The number of aromatic amines is 1. The molecule has 2 atom stereocenters. The highest BCUT2D eigenvalue weighted by atomic mass is 16.5. The van der Waals surface area contributed by atoms with Crippen molar-refractivity contribution in [3.63, 3.8) is 0 Å². The minimum Gasteiger partial charge on any atom is -0.378 e. The number of amides is 1. The quantitative estimate of drug-likeness (QED) is 0.895. The summed E-state index contributed by atoms with van der Waals surface area (Å²) in [4.78, 5) is 23.1. The Morgan fingerprint density at radius 3 is 2.96 bits per heavy atom. The van der Waals surface area contributed by atoms with Crippen molar-refractivity contribution in [1.82, 2.24) is 20.2 Å². The first kappa shape index (κ1) is 16.5. The maximum atomic E-state index is 12.9. The average molecular weight is 342 g/mol. The molecule has 0 radical (unpaired) electrons. The lowest BCUT2D eigenvalue weighted by Gasteiger charge is -2.39. The Labute approximate surface area is 147 Å². The van der Waals surface area contributed by atoms with Gasteiger partial charge in [-0.1, -0.05) is 25.0 Å². The van der Waals surface area contributed by atoms with Gasteiger partial charge in [0, 0.05) is 12.6 Å². The molecule has 6 nitrogen and oxygen atoms in total. The Bertz CT molecular complexity index is 705. The predicted octanol–water partition coefficient (Wildman–Crippen LogP) is 2.38. The zero-order valence-corrected chi connectivity index (χ0v) is 14.7. The van der Waals surface area contributed by atoms with Crippen LogP contribution in [-0.4, -0.2) is 52.6 Å². The molecule has 6 heteroatoms. The summed E-state index contributed by atoms with van der Waals surface area (Å²) in [5.41, 5.74) is 1.92. The molecular formula is C19H26N4O2. The van der Waals surface area contributed by atoms with Gasteiger partial charge in [0.15, 0.2) is 0 Å². The average Bonchev–Trinajstić information content (AvgIpc) is 3.31. The molecule has 1 amide bonds. The second kappa shape index (κ2) is 7.14. The first-order valence-corrected chi connectivity index (χ1v) is 9.31. The van der Waals surface area contributed by atoms with Crippen LogP contribution in [0.2, 0.25) is 0 Å². The van der Waals surface area contributed by atoms with Gasteiger partial charge in [0.1, 0.15) is 11.9 Å². The van der Waals surface area contributed by atoms with Crippen molar-refractivity contribution in [1.29, 1.82) is 0 Å². The predicted molar refractivity (Wildman–Crippen MR) is 96.2 cm³/mol. The van der Waals surface area contributed by atoms with Gasteiger partial charge in [-0.05, 0) is 31.9 Å². The van der Waals surface area contributed by atoms with E-state index in [-0.39, 0.29) is 18.0 Å². The number of H-pyrrole nitrogens is 1. The van der Waals surface area contributed by atoms with Crippen molar-refractivity contribution >= 4 is 16.9 Å². The van der Waals surface area contributed by atoms with Crippen LogP contribution in [0.15, 0.2) is 24.3 Å². The molecule has 0 unspecified atom stereocenters. The summed E-state index contributed by atoms with van der Waals surface area (Å²) in [7, 11) is 0. The third-order valence-electron chi connectivity index (χ3n) is 5.44. The SMILES string of the molecule is C[C@@H](NC(=O)[C@@H]1COCCN1C1CCCC1)c1nc2ccccc2[nH]1. The van der Waals surface area contributed by atoms with E-state index in [1.54, 1.807) is 0 Å². The van der Waals surface area contributed by atoms with Crippen LogP contribution in [0.25, 0.3) is 11.0 Å². The number of ether oxygens (including phenoxy) is 1. The number of benzene rings is 1. The molecule has 1 saturated carbocycles. The molecule has 25 heavy (non-hydrogen) atoms. The van der Waals surface area contributed by atoms with Gasteiger partial charge in [0.2, 0.25) is 5.91 Å². The number of aromatic nitrogens is 2. The van der Waals surface area contributed by atoms with Crippen LogP contribution >= 0.6 is 0 Å². The van der Waals surface area contributed by atoms with Crippen LogP contribution in [0.4, 0.5) is 0 Å². The second-order valence-corrected chi connectivity index (χ2v) is 7.14. The van der Waals surface area contributed by atoms with Gasteiger partial charge in [-0.2, -0.15) is 0 Å². The molecule has 1 aliphatic heterocycles. The standard InChI is InChI=1S/C19H26N4O2/c1-13(18-21-15-8-4-5-9-16(15)22-18)20-19(24)17-12-25-11-10-23(17)14-6-2-3-7-14/h4-5,8-9,13-14,17H,2-3,6-7,10-12H2,1H3,(H,20,24)(H,21,22)/t13-,17+/m1/s1. The van der Waals surface area contributed by atoms with E-state index in [9.17, 15) is 4.79 Å². The summed E-state index contributed by atoms with van der Waals surface area (Å²) in [6, 6.07) is 8.09. The molecule has 1 saturated heterocycles. The first-order valence-electron chi connectivity index (χ1n) is 9.31. The first-order chi connectivity index (χ1) is 12.2. The number of carbonyl (C=O) groups excluding carboxylic acids is 1. The summed E-state index contributed by atoms with van der Waals surface area (Å²) < 4.78 is 5.60. The van der Waals surface area contributed by atoms with Crippen molar-refractivity contribution in [3.8, 4) is 0 Å². The number of nitrogens with zero attached hydrogens (tertiary/aromatic N) is 2. The fourth-order valence-electron chi connectivity index (χ4n) is 4.07. The smallest absolute Gasteiger partial charge is 0.240 e. The monoisotopic (exact) mass is 342 g/mol. The number of morpholine rings is 1. The van der Waals surface area contributed by atoms with Gasteiger partial charge >= 0.3 is 0 Å². The summed E-state index contributed by atoms with van der Waals surface area (Å²) in [6.45, 7) is 4.02. The van der Waals surface area contributed by atoms with Crippen LogP contribution in [0.3, 0.4) is 0 Å². The molecule has 134 valence electrons. The Hall–Kier alpha value is -1.92. The number of fused-ring (bicyclic) bond motifs is 1. The van der Waals surface area contributed by atoms with Gasteiger partial charge in [0.05, 0.1) is 30.3 Å². The Morgan fingerprint density at radius 2 is 2.16 bits per heavy atom. The fraction of sp³-hybridized carbons (Fsp3) is 0.579.